The Balaban J connectivity index is 0.958. The summed E-state index contributed by atoms with van der Waals surface area (Å²) >= 11 is 2.56. The molecule has 0 aliphatic heterocycles. The second-order valence-electron chi connectivity index (χ2n) is 9.10. The highest BCUT2D eigenvalue weighted by Crippen LogP contribution is 2.31. The molecule has 0 aliphatic carbocycles. The number of carbonyl (C=O) groups excluding carboxylic acids is 2. The van der Waals surface area contributed by atoms with Crippen molar-refractivity contribution in [3.05, 3.63) is 70.8 Å². The maximum Gasteiger partial charge on any atom is 0.232 e. The number of aromatic nitrogens is 5. The number of hydrogen-bond acceptors (Lipinski definition) is 10. The van der Waals surface area contributed by atoms with Gasteiger partial charge in [0.05, 0.1) is 30.4 Å². The van der Waals surface area contributed by atoms with Crippen LogP contribution in [0.3, 0.4) is 0 Å². The van der Waals surface area contributed by atoms with Crippen LogP contribution in [0.25, 0.3) is 33.2 Å². The third-order valence-corrected chi connectivity index (χ3v) is 7.68. The Bertz CT molecular complexity index is 1820. The SMILES string of the molecule is Nc1nc(CC(=O)Nc2nc(CC(=O)NCCCn3cc(-c4ccc5oc6ccccc6c5c4)nn3)cs2)cs1. The summed E-state index contributed by atoms with van der Waals surface area (Å²) in [4.78, 5) is 32.9. The van der Waals surface area contributed by atoms with Gasteiger partial charge in [-0.3, -0.25) is 14.3 Å². The van der Waals surface area contributed by atoms with Crippen molar-refractivity contribution >= 4 is 66.7 Å². The Morgan fingerprint density at radius 3 is 2.62 bits per heavy atom. The summed E-state index contributed by atoms with van der Waals surface area (Å²) in [5, 5.41) is 20.7. The third kappa shape index (κ3) is 5.84. The number of rotatable bonds is 10. The van der Waals surface area contributed by atoms with E-state index >= 15 is 0 Å². The van der Waals surface area contributed by atoms with Crippen LogP contribution in [0.4, 0.5) is 10.3 Å². The van der Waals surface area contributed by atoms with Crippen LogP contribution in [-0.4, -0.2) is 43.3 Å². The highest BCUT2D eigenvalue weighted by atomic mass is 32.1. The first-order valence-corrected chi connectivity index (χ1v) is 14.3. The first-order valence-electron chi connectivity index (χ1n) is 12.5. The van der Waals surface area contributed by atoms with E-state index in [4.69, 9.17) is 10.2 Å². The maximum absolute atomic E-state index is 12.4. The van der Waals surface area contributed by atoms with E-state index in [-0.39, 0.29) is 24.7 Å². The van der Waals surface area contributed by atoms with E-state index in [9.17, 15) is 9.59 Å². The van der Waals surface area contributed by atoms with Crippen molar-refractivity contribution in [2.75, 3.05) is 17.6 Å². The monoisotopic (exact) mass is 572 g/mol. The predicted molar refractivity (Wildman–Crippen MR) is 155 cm³/mol. The molecule has 2 amide bonds. The summed E-state index contributed by atoms with van der Waals surface area (Å²) in [6, 6.07) is 14.0. The third-order valence-electron chi connectivity index (χ3n) is 6.15. The highest BCUT2D eigenvalue weighted by Gasteiger charge is 2.13. The molecule has 40 heavy (non-hydrogen) atoms. The lowest BCUT2D eigenvalue weighted by Gasteiger charge is -2.04. The zero-order valence-electron chi connectivity index (χ0n) is 21.2. The number of para-hydroxylation sites is 1. The average Bonchev–Trinajstić information content (AvgIpc) is 3.74. The minimum absolute atomic E-state index is 0.118. The molecule has 0 fully saturated rings. The van der Waals surface area contributed by atoms with Gasteiger partial charge in [0.25, 0.3) is 0 Å². The second kappa shape index (κ2) is 11.2. The molecule has 0 atom stereocenters. The van der Waals surface area contributed by atoms with E-state index in [0.29, 0.717) is 41.2 Å². The first kappa shape index (κ1) is 25.6. The average molecular weight is 573 g/mol. The number of fused-ring (bicyclic) bond motifs is 3. The molecule has 0 unspecified atom stereocenters. The molecule has 6 aromatic rings. The minimum Gasteiger partial charge on any atom is -0.456 e. The highest BCUT2D eigenvalue weighted by molar-refractivity contribution is 7.14. The van der Waals surface area contributed by atoms with Gasteiger partial charge >= 0.3 is 0 Å². The normalized spacial score (nSPS) is 11.3. The second-order valence-corrected chi connectivity index (χ2v) is 10.9. The molecule has 0 aliphatic rings. The van der Waals surface area contributed by atoms with Gasteiger partial charge in [0, 0.05) is 40.2 Å². The molecular weight excluding hydrogens is 548 g/mol. The van der Waals surface area contributed by atoms with E-state index < -0.39 is 0 Å². The van der Waals surface area contributed by atoms with E-state index in [0.717, 1.165) is 33.2 Å². The number of benzene rings is 2. The Kier molecular flexibility index (Phi) is 7.21. The van der Waals surface area contributed by atoms with Crippen LogP contribution in [0.5, 0.6) is 0 Å². The van der Waals surface area contributed by atoms with Crippen molar-refractivity contribution in [3.8, 4) is 11.3 Å². The van der Waals surface area contributed by atoms with Crippen molar-refractivity contribution in [2.24, 2.45) is 0 Å². The summed E-state index contributed by atoms with van der Waals surface area (Å²) in [6.45, 7) is 1.10. The van der Waals surface area contributed by atoms with Gasteiger partial charge in [-0.1, -0.05) is 23.4 Å². The van der Waals surface area contributed by atoms with Crippen molar-refractivity contribution in [3.63, 3.8) is 0 Å². The molecule has 0 saturated carbocycles. The zero-order valence-corrected chi connectivity index (χ0v) is 22.8. The van der Waals surface area contributed by atoms with Crippen LogP contribution in [0.2, 0.25) is 0 Å². The fourth-order valence-electron chi connectivity index (χ4n) is 4.30. The van der Waals surface area contributed by atoms with E-state index in [2.05, 4.69) is 37.0 Å². The molecule has 0 spiro atoms. The first-order chi connectivity index (χ1) is 19.5. The Morgan fingerprint density at radius 2 is 1.75 bits per heavy atom. The van der Waals surface area contributed by atoms with Gasteiger partial charge in [0.2, 0.25) is 11.8 Å². The molecular formula is C27H24N8O3S2. The quantitative estimate of drug-likeness (QED) is 0.206. The maximum atomic E-state index is 12.4. The van der Waals surface area contributed by atoms with Crippen LogP contribution < -0.4 is 16.4 Å². The van der Waals surface area contributed by atoms with Gasteiger partial charge in [-0.15, -0.1) is 27.8 Å². The fraction of sp³-hybridized carbons (Fsp3) is 0.185. The van der Waals surface area contributed by atoms with E-state index in [1.165, 1.54) is 22.7 Å². The molecule has 0 bridgehead atoms. The number of nitrogens with two attached hydrogens (primary N) is 1. The summed E-state index contributed by atoms with van der Waals surface area (Å²) in [7, 11) is 0. The number of amides is 2. The van der Waals surface area contributed by atoms with Gasteiger partial charge in [0.15, 0.2) is 10.3 Å². The van der Waals surface area contributed by atoms with Crippen molar-refractivity contribution in [1.29, 1.82) is 0 Å². The topological polar surface area (TPSA) is 154 Å². The molecule has 11 nitrogen and oxygen atoms in total. The molecule has 0 radical (unpaired) electrons. The molecule has 13 heteroatoms. The number of thiazole rings is 2. The lowest BCUT2D eigenvalue weighted by molar-refractivity contribution is -0.120. The van der Waals surface area contributed by atoms with Gasteiger partial charge < -0.3 is 20.8 Å². The Labute approximate surface area is 236 Å². The number of nitrogens with zero attached hydrogens (tertiary/aromatic N) is 5. The van der Waals surface area contributed by atoms with Crippen LogP contribution in [0.15, 0.2) is 63.8 Å². The molecule has 4 N–H and O–H groups in total. The summed E-state index contributed by atoms with van der Waals surface area (Å²) in [5.74, 6) is -0.372. The van der Waals surface area contributed by atoms with Gasteiger partial charge in [-0.25, -0.2) is 9.97 Å². The van der Waals surface area contributed by atoms with Crippen LogP contribution in [-0.2, 0) is 29.0 Å². The van der Waals surface area contributed by atoms with E-state index in [1.807, 2.05) is 42.6 Å². The van der Waals surface area contributed by atoms with E-state index in [1.54, 1.807) is 15.4 Å². The van der Waals surface area contributed by atoms with Crippen LogP contribution >= 0.6 is 22.7 Å². The summed E-state index contributed by atoms with van der Waals surface area (Å²) < 4.78 is 7.68. The van der Waals surface area contributed by atoms with Gasteiger partial charge in [0.1, 0.15) is 16.9 Å². The molecule has 0 saturated heterocycles. The van der Waals surface area contributed by atoms with Crippen LogP contribution in [0.1, 0.15) is 17.8 Å². The molecule has 2 aromatic carbocycles. The number of aryl methyl sites for hydroxylation is 1. The zero-order chi connectivity index (χ0) is 27.5. The minimum atomic E-state index is -0.234. The number of nitrogen functional groups attached to an aromatic ring is 1. The number of carbonyl (C=O) groups is 2. The molecule has 6 rings (SSSR count). The Morgan fingerprint density at radius 1 is 0.950 bits per heavy atom. The number of hydrogen-bond donors (Lipinski definition) is 3. The number of nitrogens with one attached hydrogen (secondary N) is 2. The van der Waals surface area contributed by atoms with Crippen LogP contribution in [0, 0.1) is 0 Å². The van der Waals surface area contributed by atoms with Gasteiger partial charge in [-0.2, -0.15) is 0 Å². The van der Waals surface area contributed by atoms with Crippen molar-refractivity contribution < 1.29 is 14.0 Å². The Hall–Kier alpha value is -4.62. The largest absolute Gasteiger partial charge is 0.456 e. The van der Waals surface area contributed by atoms with Crippen molar-refractivity contribution in [2.45, 2.75) is 25.8 Å². The standard InChI is InChI=1S/C27H24N8O3S2/c28-26-30-17(14-39-26)12-25(37)32-27-31-18(15-40-27)11-24(36)29-8-3-9-35-13-21(33-34-35)16-6-7-23-20(10-16)19-4-1-2-5-22(19)38-23/h1-2,4-7,10,13-15H,3,8-9,11-12H2,(H2,28,30)(H,29,36)(H,31,32,37). The van der Waals surface area contributed by atoms with Gasteiger partial charge in [-0.05, 0) is 30.7 Å². The molecule has 4 aromatic heterocycles. The number of furan rings is 1. The number of anilines is 2. The fourth-order valence-corrected chi connectivity index (χ4v) is 5.59. The predicted octanol–water partition coefficient (Wildman–Crippen LogP) is 4.27. The lowest BCUT2D eigenvalue weighted by atomic mass is 10.1. The molecule has 4 heterocycles. The van der Waals surface area contributed by atoms with Crippen molar-refractivity contribution in [1.82, 2.24) is 30.3 Å². The lowest BCUT2D eigenvalue weighted by Crippen LogP contribution is -2.27. The summed E-state index contributed by atoms with van der Waals surface area (Å²) in [5.41, 5.74) is 10.2. The smallest absolute Gasteiger partial charge is 0.232 e. The molecule has 202 valence electrons. The summed E-state index contributed by atoms with van der Waals surface area (Å²) in [6.07, 6.45) is 2.85.